The number of ether oxygens (including phenoxy) is 5. The number of hydrogen-bond acceptors (Lipinski definition) is 12. The van der Waals surface area contributed by atoms with Crippen LogP contribution in [0.15, 0.2) is 0 Å². The number of carbonyl (C=O) groups is 7. The van der Waals surface area contributed by atoms with Crippen LogP contribution in [0.3, 0.4) is 0 Å². The molecule has 0 aliphatic carbocycles. The first kappa shape index (κ1) is 46.6. The Morgan fingerprint density at radius 3 is 1.65 bits per heavy atom. The molecule has 0 radical (unpaired) electrons. The molecular weight excluding hydrogens is 642 g/mol. The Labute approximate surface area is 289 Å². The number of rotatable bonds is 16. The third kappa shape index (κ3) is 16.4. The van der Waals surface area contributed by atoms with Gasteiger partial charge >= 0.3 is 23.9 Å². The maximum atomic E-state index is 14.0. The van der Waals surface area contributed by atoms with Gasteiger partial charge in [-0.3, -0.25) is 33.6 Å². The van der Waals surface area contributed by atoms with Gasteiger partial charge in [0.2, 0.25) is 5.91 Å². The number of nitrogens with one attached hydrogen (secondary N) is 2. The fraction of sp³-hybridized carbons (Fsp3) is 0.618. The Balaban J connectivity index is 0. The maximum Gasteiger partial charge on any atom is 0.303 e. The minimum atomic E-state index is -0.991. The fourth-order valence-electron chi connectivity index (χ4n) is 4.58. The van der Waals surface area contributed by atoms with Crippen LogP contribution in [0.1, 0.15) is 99.7 Å². The standard InChI is InChI=1S/C30H43N3O12.2C2H6/c1-10-24-26(29(39)31-11-22(44-20(6)36)13-42-18(4)34)16(2)28(32-25(38)15-41-9)17(3)27(24)30(40)33(8)12-23(45-21(7)37)14-43-19(5)35;2*1-2/h22-23H,10-15H2,1-9H3,(H,31,39)(H,32,38);2*1-2H3. The predicted molar refractivity (Wildman–Crippen MR) is 182 cm³/mol. The number of anilines is 1. The van der Waals surface area contributed by atoms with Crippen LogP contribution in [0.4, 0.5) is 5.69 Å². The Morgan fingerprint density at radius 2 is 1.20 bits per heavy atom. The molecule has 3 amide bonds. The Hall–Kier alpha value is -4.53. The van der Waals surface area contributed by atoms with Crippen molar-refractivity contribution in [3.05, 3.63) is 27.8 Å². The summed E-state index contributed by atoms with van der Waals surface area (Å²) in [4.78, 5) is 87.4. The first-order valence-corrected chi connectivity index (χ1v) is 16.1. The van der Waals surface area contributed by atoms with Gasteiger partial charge in [-0.15, -0.1) is 0 Å². The summed E-state index contributed by atoms with van der Waals surface area (Å²) in [6.07, 6.45) is -1.75. The molecule has 2 unspecified atom stereocenters. The topological polar surface area (TPSA) is 193 Å². The summed E-state index contributed by atoms with van der Waals surface area (Å²) in [6.45, 7) is 16.4. The largest absolute Gasteiger partial charge is 0.462 e. The molecule has 15 heteroatoms. The number of carbonyl (C=O) groups excluding carboxylic acids is 7. The molecule has 1 aromatic rings. The van der Waals surface area contributed by atoms with Gasteiger partial charge in [0.15, 0.2) is 12.2 Å². The number of likely N-dealkylation sites (N-methyl/N-ethyl adjacent to an activating group) is 1. The van der Waals surface area contributed by atoms with E-state index in [1.165, 1.54) is 46.8 Å². The highest BCUT2D eigenvalue weighted by atomic mass is 16.6. The number of hydrogen-bond donors (Lipinski definition) is 2. The second kappa shape index (κ2) is 24.6. The molecule has 49 heavy (non-hydrogen) atoms. The monoisotopic (exact) mass is 697 g/mol. The number of benzene rings is 1. The summed E-state index contributed by atoms with van der Waals surface area (Å²) in [7, 11) is 2.79. The SMILES string of the molecule is CC.CC.CCc1c(C(=O)NCC(COC(C)=O)OC(C)=O)c(C)c(NC(=O)COC)c(C)c1C(=O)N(C)CC(COC(C)=O)OC(C)=O. The average Bonchev–Trinajstić information content (AvgIpc) is 3.03. The summed E-state index contributed by atoms with van der Waals surface area (Å²) < 4.78 is 25.2. The summed E-state index contributed by atoms with van der Waals surface area (Å²) in [6, 6.07) is 0. The molecule has 0 aromatic heterocycles. The molecular formula is C34H55N3O12. The zero-order valence-electron chi connectivity index (χ0n) is 31.2. The highest BCUT2D eigenvalue weighted by Gasteiger charge is 2.30. The number of esters is 4. The number of amides is 3. The third-order valence-electron chi connectivity index (χ3n) is 6.36. The van der Waals surface area contributed by atoms with Gasteiger partial charge in [-0.1, -0.05) is 34.6 Å². The molecule has 15 nitrogen and oxygen atoms in total. The molecule has 278 valence electrons. The van der Waals surface area contributed by atoms with Crippen molar-refractivity contribution in [3.63, 3.8) is 0 Å². The highest BCUT2D eigenvalue weighted by Crippen LogP contribution is 2.33. The summed E-state index contributed by atoms with van der Waals surface area (Å²) in [5.74, 6) is -4.23. The van der Waals surface area contributed by atoms with Crippen molar-refractivity contribution in [2.75, 3.05) is 52.4 Å². The summed E-state index contributed by atoms with van der Waals surface area (Å²) >= 11 is 0. The third-order valence-corrected chi connectivity index (χ3v) is 6.36. The molecule has 1 rings (SSSR count). The Kier molecular flexibility index (Phi) is 23.4. The van der Waals surface area contributed by atoms with Crippen molar-refractivity contribution in [1.82, 2.24) is 10.2 Å². The fourth-order valence-corrected chi connectivity index (χ4v) is 4.58. The maximum absolute atomic E-state index is 14.0. The van der Waals surface area contributed by atoms with Crippen molar-refractivity contribution in [1.29, 1.82) is 0 Å². The van der Waals surface area contributed by atoms with Crippen molar-refractivity contribution < 1.29 is 57.2 Å². The van der Waals surface area contributed by atoms with E-state index < -0.39 is 53.8 Å². The van der Waals surface area contributed by atoms with Crippen molar-refractivity contribution in [2.24, 2.45) is 0 Å². The molecule has 0 fully saturated rings. The van der Waals surface area contributed by atoms with E-state index in [1.807, 2.05) is 27.7 Å². The van der Waals surface area contributed by atoms with Crippen LogP contribution in [0.2, 0.25) is 0 Å². The molecule has 2 atom stereocenters. The molecule has 0 saturated carbocycles. The quantitative estimate of drug-likeness (QED) is 0.189. The van der Waals surface area contributed by atoms with Gasteiger partial charge in [-0.25, -0.2) is 0 Å². The van der Waals surface area contributed by atoms with E-state index in [9.17, 15) is 33.6 Å². The first-order valence-electron chi connectivity index (χ1n) is 16.1. The first-order chi connectivity index (χ1) is 23.0. The van der Waals surface area contributed by atoms with Gasteiger partial charge in [0.05, 0.1) is 13.1 Å². The van der Waals surface area contributed by atoms with E-state index in [2.05, 4.69) is 10.6 Å². The smallest absolute Gasteiger partial charge is 0.303 e. The number of methoxy groups -OCH3 is 1. The molecule has 0 bridgehead atoms. The highest BCUT2D eigenvalue weighted by molar-refractivity contribution is 6.08. The molecule has 1 aromatic carbocycles. The normalized spacial score (nSPS) is 11.1. The molecule has 0 saturated heterocycles. The van der Waals surface area contributed by atoms with Crippen LogP contribution in [0.5, 0.6) is 0 Å². The van der Waals surface area contributed by atoms with Crippen LogP contribution >= 0.6 is 0 Å². The van der Waals surface area contributed by atoms with Crippen LogP contribution in [0.25, 0.3) is 0 Å². The summed E-state index contributed by atoms with van der Waals surface area (Å²) in [5, 5.41) is 5.38. The van der Waals surface area contributed by atoms with Gasteiger partial charge in [0, 0.05) is 58.7 Å². The van der Waals surface area contributed by atoms with E-state index in [-0.39, 0.29) is 56.1 Å². The lowest BCUT2D eigenvalue weighted by molar-refractivity contribution is -0.156. The number of nitrogens with zero attached hydrogens (tertiary/aromatic N) is 1. The zero-order valence-corrected chi connectivity index (χ0v) is 31.2. The molecule has 0 spiro atoms. The van der Waals surface area contributed by atoms with Crippen LogP contribution in [-0.4, -0.2) is 106 Å². The summed E-state index contributed by atoms with van der Waals surface area (Å²) in [5.41, 5.74) is 1.52. The zero-order chi connectivity index (χ0) is 38.4. The van der Waals surface area contributed by atoms with Gasteiger partial charge in [-0.05, 0) is 37.0 Å². The van der Waals surface area contributed by atoms with E-state index in [0.29, 0.717) is 16.7 Å². The van der Waals surface area contributed by atoms with E-state index in [0.717, 1.165) is 0 Å². The van der Waals surface area contributed by atoms with Crippen molar-refractivity contribution >= 4 is 47.3 Å². The average molecular weight is 698 g/mol. The second-order valence-corrected chi connectivity index (χ2v) is 10.2. The lowest BCUT2D eigenvalue weighted by Crippen LogP contribution is -2.40. The Bertz CT molecular complexity index is 1300. The van der Waals surface area contributed by atoms with Crippen molar-refractivity contribution in [2.45, 2.75) is 94.8 Å². The molecule has 0 heterocycles. The van der Waals surface area contributed by atoms with E-state index in [1.54, 1.807) is 20.8 Å². The minimum absolute atomic E-state index is 0.0954. The van der Waals surface area contributed by atoms with Gasteiger partial charge in [0.1, 0.15) is 19.8 Å². The van der Waals surface area contributed by atoms with E-state index >= 15 is 0 Å². The lowest BCUT2D eigenvalue weighted by Gasteiger charge is -2.28. The van der Waals surface area contributed by atoms with Gasteiger partial charge < -0.3 is 39.2 Å². The van der Waals surface area contributed by atoms with Crippen LogP contribution in [-0.2, 0) is 54.1 Å². The predicted octanol–water partition coefficient (Wildman–Crippen LogP) is 3.29. The molecule has 2 N–H and O–H groups in total. The minimum Gasteiger partial charge on any atom is -0.462 e. The van der Waals surface area contributed by atoms with Crippen LogP contribution in [0, 0.1) is 13.8 Å². The van der Waals surface area contributed by atoms with E-state index in [4.69, 9.17) is 23.7 Å². The molecule has 0 aliphatic heterocycles. The van der Waals surface area contributed by atoms with Gasteiger partial charge in [-0.2, -0.15) is 0 Å². The lowest BCUT2D eigenvalue weighted by atomic mass is 9.87. The Morgan fingerprint density at radius 1 is 0.735 bits per heavy atom. The van der Waals surface area contributed by atoms with Crippen LogP contribution < -0.4 is 10.6 Å². The molecule has 0 aliphatic rings. The van der Waals surface area contributed by atoms with Crippen molar-refractivity contribution in [3.8, 4) is 0 Å². The van der Waals surface area contributed by atoms with Gasteiger partial charge in [0.25, 0.3) is 11.8 Å². The second-order valence-electron chi connectivity index (χ2n) is 10.2.